The molecule has 0 spiro atoms. The number of alkyl halides is 1. The molecule has 2 nitrogen and oxygen atoms in total. The Bertz CT molecular complexity index is 355. The predicted octanol–water partition coefficient (Wildman–Crippen LogP) is 2.95. The van der Waals surface area contributed by atoms with E-state index in [1.807, 2.05) is 0 Å². The number of allylic oxidation sites excluding steroid dienone is 1. The molecule has 1 atom stereocenters. The fourth-order valence-electron chi connectivity index (χ4n) is 1.11. The lowest BCUT2D eigenvalue weighted by Crippen LogP contribution is -2.28. The standard InChI is InChI=1S/C12H13FO2/c1-3-9-15-11(14)12(2,13)10-7-5-4-6-8-10/h3-9H,1-2H3. The number of carbonyl (C=O) groups excluding carboxylic acids is 1. The summed E-state index contributed by atoms with van der Waals surface area (Å²) in [5.41, 5.74) is -1.82. The van der Waals surface area contributed by atoms with Crippen LogP contribution in [0.1, 0.15) is 19.4 Å². The van der Waals surface area contributed by atoms with E-state index in [2.05, 4.69) is 4.74 Å². The number of halogens is 1. The first-order chi connectivity index (χ1) is 7.09. The summed E-state index contributed by atoms with van der Waals surface area (Å²) in [5, 5.41) is 0. The van der Waals surface area contributed by atoms with Crippen LogP contribution in [0.4, 0.5) is 4.39 Å². The van der Waals surface area contributed by atoms with Crippen molar-refractivity contribution in [2.24, 2.45) is 0 Å². The van der Waals surface area contributed by atoms with E-state index in [-0.39, 0.29) is 0 Å². The first kappa shape index (κ1) is 11.4. The van der Waals surface area contributed by atoms with Crippen molar-refractivity contribution in [2.75, 3.05) is 0 Å². The maximum absolute atomic E-state index is 14.0. The highest BCUT2D eigenvalue weighted by molar-refractivity contribution is 5.81. The van der Waals surface area contributed by atoms with Gasteiger partial charge in [0.15, 0.2) is 0 Å². The smallest absolute Gasteiger partial charge is 0.353 e. The zero-order valence-corrected chi connectivity index (χ0v) is 8.74. The molecule has 0 aromatic heterocycles. The van der Waals surface area contributed by atoms with E-state index in [9.17, 15) is 9.18 Å². The zero-order valence-electron chi connectivity index (χ0n) is 8.74. The van der Waals surface area contributed by atoms with Crippen molar-refractivity contribution in [1.29, 1.82) is 0 Å². The van der Waals surface area contributed by atoms with Crippen molar-refractivity contribution in [1.82, 2.24) is 0 Å². The summed E-state index contributed by atoms with van der Waals surface area (Å²) in [4.78, 5) is 11.4. The summed E-state index contributed by atoms with van der Waals surface area (Å²) >= 11 is 0. The minimum atomic E-state index is -2.11. The lowest BCUT2D eigenvalue weighted by atomic mass is 9.98. The van der Waals surface area contributed by atoms with Crippen LogP contribution >= 0.6 is 0 Å². The van der Waals surface area contributed by atoms with E-state index in [1.165, 1.54) is 19.3 Å². The van der Waals surface area contributed by atoms with E-state index in [0.717, 1.165) is 0 Å². The normalized spacial score (nSPS) is 14.9. The summed E-state index contributed by atoms with van der Waals surface area (Å²) in [5.74, 6) is -0.910. The molecule has 0 fully saturated rings. The van der Waals surface area contributed by atoms with Crippen LogP contribution in [0.15, 0.2) is 42.7 Å². The molecular formula is C12H13FO2. The third-order valence-corrected chi connectivity index (χ3v) is 2.01. The summed E-state index contributed by atoms with van der Waals surface area (Å²) in [6.07, 6.45) is 2.70. The minimum Gasteiger partial charge on any atom is -0.432 e. The molecule has 1 rings (SSSR count). The quantitative estimate of drug-likeness (QED) is 0.564. The third-order valence-electron chi connectivity index (χ3n) is 2.01. The number of esters is 1. The van der Waals surface area contributed by atoms with Crippen LogP contribution in [0.25, 0.3) is 0 Å². The molecule has 1 aromatic carbocycles. The Labute approximate surface area is 88.4 Å². The van der Waals surface area contributed by atoms with Gasteiger partial charge in [-0.25, -0.2) is 9.18 Å². The molecule has 0 saturated heterocycles. The number of carbonyl (C=O) groups is 1. The Morgan fingerprint density at radius 2 is 2.00 bits per heavy atom. The van der Waals surface area contributed by atoms with Crippen LogP contribution in [-0.2, 0) is 15.2 Å². The molecule has 3 heteroatoms. The molecule has 15 heavy (non-hydrogen) atoms. The summed E-state index contributed by atoms with van der Waals surface area (Å²) in [7, 11) is 0. The number of benzene rings is 1. The van der Waals surface area contributed by atoms with Gasteiger partial charge in [0.05, 0.1) is 6.26 Å². The van der Waals surface area contributed by atoms with Crippen LogP contribution in [0.5, 0.6) is 0 Å². The summed E-state index contributed by atoms with van der Waals surface area (Å²) in [6, 6.07) is 8.22. The van der Waals surface area contributed by atoms with Gasteiger partial charge in [0.1, 0.15) is 0 Å². The molecule has 0 saturated carbocycles. The lowest BCUT2D eigenvalue weighted by molar-refractivity contribution is -0.151. The molecule has 1 aromatic rings. The fraction of sp³-hybridized carbons (Fsp3) is 0.250. The molecule has 0 aliphatic carbocycles. The Morgan fingerprint density at radius 1 is 1.40 bits per heavy atom. The number of hydrogen-bond acceptors (Lipinski definition) is 2. The molecule has 0 heterocycles. The molecule has 0 aliphatic heterocycles. The highest BCUT2D eigenvalue weighted by Crippen LogP contribution is 2.26. The van der Waals surface area contributed by atoms with Gasteiger partial charge in [-0.05, 0) is 13.8 Å². The van der Waals surface area contributed by atoms with Gasteiger partial charge in [0.25, 0.3) is 0 Å². The van der Waals surface area contributed by atoms with E-state index in [0.29, 0.717) is 5.56 Å². The van der Waals surface area contributed by atoms with Crippen LogP contribution in [0, 0.1) is 0 Å². The maximum atomic E-state index is 14.0. The molecule has 80 valence electrons. The van der Waals surface area contributed by atoms with Gasteiger partial charge in [-0.3, -0.25) is 0 Å². The van der Waals surface area contributed by atoms with Crippen molar-refractivity contribution in [2.45, 2.75) is 19.5 Å². The van der Waals surface area contributed by atoms with Crippen molar-refractivity contribution in [3.63, 3.8) is 0 Å². The first-order valence-corrected chi connectivity index (χ1v) is 4.65. The van der Waals surface area contributed by atoms with E-state index >= 15 is 0 Å². The second kappa shape index (κ2) is 4.73. The lowest BCUT2D eigenvalue weighted by Gasteiger charge is -2.17. The van der Waals surface area contributed by atoms with Gasteiger partial charge in [0, 0.05) is 5.56 Å². The van der Waals surface area contributed by atoms with E-state index in [4.69, 9.17) is 0 Å². The van der Waals surface area contributed by atoms with Gasteiger partial charge >= 0.3 is 5.97 Å². The Balaban J connectivity index is 2.87. The maximum Gasteiger partial charge on any atom is 0.353 e. The van der Waals surface area contributed by atoms with Gasteiger partial charge in [-0.15, -0.1) is 0 Å². The minimum absolute atomic E-state index is 0.291. The summed E-state index contributed by atoms with van der Waals surface area (Å²) in [6.45, 7) is 2.87. The average Bonchev–Trinajstić information content (AvgIpc) is 2.27. The van der Waals surface area contributed by atoms with Crippen LogP contribution in [0.3, 0.4) is 0 Å². The van der Waals surface area contributed by atoms with Crippen molar-refractivity contribution >= 4 is 5.97 Å². The predicted molar refractivity (Wildman–Crippen MR) is 55.8 cm³/mol. The van der Waals surface area contributed by atoms with Gasteiger partial charge < -0.3 is 4.74 Å². The van der Waals surface area contributed by atoms with Crippen LogP contribution in [-0.4, -0.2) is 5.97 Å². The Hall–Kier alpha value is -1.64. The number of hydrogen-bond donors (Lipinski definition) is 0. The molecule has 0 N–H and O–H groups in total. The van der Waals surface area contributed by atoms with Gasteiger partial charge in [-0.2, -0.15) is 0 Å². The molecule has 0 amide bonds. The molecular weight excluding hydrogens is 195 g/mol. The van der Waals surface area contributed by atoms with Gasteiger partial charge in [0.2, 0.25) is 5.67 Å². The monoisotopic (exact) mass is 208 g/mol. The van der Waals surface area contributed by atoms with Crippen molar-refractivity contribution in [3.05, 3.63) is 48.2 Å². The number of ether oxygens (including phenoxy) is 1. The largest absolute Gasteiger partial charge is 0.432 e. The fourth-order valence-corrected chi connectivity index (χ4v) is 1.11. The number of rotatable bonds is 3. The Kier molecular flexibility index (Phi) is 3.61. The topological polar surface area (TPSA) is 26.3 Å². The molecule has 0 bridgehead atoms. The van der Waals surface area contributed by atoms with E-state index < -0.39 is 11.6 Å². The highest BCUT2D eigenvalue weighted by atomic mass is 19.1. The molecule has 0 radical (unpaired) electrons. The second-order valence-electron chi connectivity index (χ2n) is 3.24. The van der Waals surface area contributed by atoms with Gasteiger partial charge in [-0.1, -0.05) is 36.4 Å². The average molecular weight is 208 g/mol. The van der Waals surface area contributed by atoms with Crippen molar-refractivity contribution in [3.8, 4) is 0 Å². The first-order valence-electron chi connectivity index (χ1n) is 4.65. The zero-order chi connectivity index (χ0) is 11.3. The second-order valence-corrected chi connectivity index (χ2v) is 3.24. The SMILES string of the molecule is CC=COC(=O)C(C)(F)c1ccccc1. The third kappa shape index (κ3) is 2.65. The Morgan fingerprint density at radius 3 is 2.53 bits per heavy atom. The van der Waals surface area contributed by atoms with E-state index in [1.54, 1.807) is 37.3 Å². The molecule has 1 unspecified atom stereocenters. The van der Waals surface area contributed by atoms with Crippen LogP contribution < -0.4 is 0 Å². The summed E-state index contributed by atoms with van der Waals surface area (Å²) < 4.78 is 18.6. The van der Waals surface area contributed by atoms with Crippen molar-refractivity contribution < 1.29 is 13.9 Å². The molecule has 0 aliphatic rings. The highest BCUT2D eigenvalue weighted by Gasteiger charge is 2.36. The van der Waals surface area contributed by atoms with Crippen LogP contribution in [0.2, 0.25) is 0 Å².